The van der Waals surface area contributed by atoms with E-state index in [0.717, 1.165) is 0 Å². The van der Waals surface area contributed by atoms with Crippen molar-refractivity contribution in [1.29, 1.82) is 0 Å². The zero-order valence-electron chi connectivity index (χ0n) is 18.4. The first-order chi connectivity index (χ1) is 15.5. The molecule has 0 bridgehead atoms. The summed E-state index contributed by atoms with van der Waals surface area (Å²) in [5, 5.41) is 12.3. The highest BCUT2D eigenvalue weighted by molar-refractivity contribution is 6.47. The summed E-state index contributed by atoms with van der Waals surface area (Å²) in [6.45, 7) is 4.65. The van der Waals surface area contributed by atoms with Gasteiger partial charge in [0.15, 0.2) is 18.1 Å². The minimum atomic E-state index is -3.58. The smallest absolute Gasteiger partial charge is 0.534 e. The number of halogens is 2. The Morgan fingerprint density at radius 1 is 1.30 bits per heavy atom. The van der Waals surface area contributed by atoms with Gasteiger partial charge in [-0.05, 0) is 24.0 Å². The first-order valence-electron chi connectivity index (χ1n) is 10.5. The molecule has 1 aliphatic rings. The Morgan fingerprint density at radius 2 is 2.00 bits per heavy atom. The molecule has 0 saturated heterocycles. The van der Waals surface area contributed by atoms with Crippen LogP contribution in [0.4, 0.5) is 8.78 Å². The number of benzene rings is 1. The molecule has 12 heteroatoms. The van der Waals surface area contributed by atoms with Crippen molar-refractivity contribution in [2.24, 2.45) is 5.92 Å². The highest BCUT2D eigenvalue weighted by atomic mass is 19.3. The monoisotopic (exact) mass is 467 g/mol. The molecule has 3 rings (SSSR count). The SMILES string of the molecule is CCC(F)(F)C(=O)N[C@H]1Cc2cccc(C(=O)OCc3oc(=O)oc3CC(C)C)c2OB1O. The fraction of sp³-hybridized carbons (Fsp3) is 0.476. The molecule has 1 amide bonds. The Balaban J connectivity index is 1.73. The van der Waals surface area contributed by atoms with Crippen molar-refractivity contribution >= 4 is 19.0 Å². The van der Waals surface area contributed by atoms with E-state index in [1.165, 1.54) is 19.1 Å². The minimum absolute atomic E-state index is 0.0128. The maximum Gasteiger partial charge on any atom is 0.547 e. The van der Waals surface area contributed by atoms with E-state index in [-0.39, 0.29) is 41.8 Å². The summed E-state index contributed by atoms with van der Waals surface area (Å²) in [7, 11) is -1.66. The largest absolute Gasteiger partial charge is 0.547 e. The molecule has 0 fully saturated rings. The Bertz CT molecular complexity index is 1080. The lowest BCUT2D eigenvalue weighted by Gasteiger charge is -2.30. The molecule has 33 heavy (non-hydrogen) atoms. The van der Waals surface area contributed by atoms with Crippen molar-refractivity contribution in [1.82, 2.24) is 5.32 Å². The van der Waals surface area contributed by atoms with Crippen LogP contribution >= 0.6 is 0 Å². The predicted molar refractivity (Wildman–Crippen MR) is 111 cm³/mol. The van der Waals surface area contributed by atoms with Crippen LogP contribution in [0.3, 0.4) is 0 Å². The van der Waals surface area contributed by atoms with Crippen molar-refractivity contribution < 1.29 is 41.6 Å². The Labute approximate surface area is 188 Å². The van der Waals surface area contributed by atoms with Gasteiger partial charge in [0.2, 0.25) is 0 Å². The quantitative estimate of drug-likeness (QED) is 0.447. The van der Waals surface area contributed by atoms with Crippen LogP contribution in [-0.4, -0.2) is 35.9 Å². The number of rotatable bonds is 8. The van der Waals surface area contributed by atoms with E-state index < -0.39 is 43.1 Å². The Morgan fingerprint density at radius 3 is 2.67 bits per heavy atom. The summed E-state index contributed by atoms with van der Waals surface area (Å²) in [5.41, 5.74) is 0.390. The second-order valence-electron chi connectivity index (χ2n) is 8.12. The lowest BCUT2D eigenvalue weighted by molar-refractivity contribution is -0.146. The third kappa shape index (κ3) is 5.62. The second kappa shape index (κ2) is 9.78. The van der Waals surface area contributed by atoms with Crippen LogP contribution in [0, 0.1) is 5.92 Å². The fourth-order valence-electron chi connectivity index (χ4n) is 3.32. The van der Waals surface area contributed by atoms with E-state index in [0.29, 0.717) is 12.0 Å². The average molecular weight is 467 g/mol. The van der Waals surface area contributed by atoms with E-state index >= 15 is 0 Å². The molecule has 1 aromatic heterocycles. The van der Waals surface area contributed by atoms with Crippen LogP contribution in [0.5, 0.6) is 5.75 Å². The molecule has 178 valence electrons. The molecule has 1 atom stereocenters. The third-order valence-corrected chi connectivity index (χ3v) is 5.08. The van der Waals surface area contributed by atoms with Crippen LogP contribution in [-0.2, 0) is 29.0 Å². The highest BCUT2D eigenvalue weighted by Crippen LogP contribution is 2.31. The Kier molecular flexibility index (Phi) is 7.26. The molecular formula is C21H24BF2NO8. The number of para-hydroxylation sites is 1. The number of hydrogen-bond donors (Lipinski definition) is 2. The summed E-state index contributed by atoms with van der Waals surface area (Å²) in [5.74, 6) is -7.40. The second-order valence-corrected chi connectivity index (χ2v) is 8.12. The summed E-state index contributed by atoms with van der Waals surface area (Å²) in [6, 6.07) is 4.50. The molecule has 0 spiro atoms. The van der Waals surface area contributed by atoms with E-state index in [1.54, 1.807) is 6.07 Å². The third-order valence-electron chi connectivity index (χ3n) is 5.08. The number of esters is 1. The fourth-order valence-corrected chi connectivity index (χ4v) is 3.32. The van der Waals surface area contributed by atoms with Crippen molar-refractivity contribution in [3.05, 3.63) is 51.5 Å². The molecule has 1 aromatic carbocycles. The molecule has 0 saturated carbocycles. The zero-order chi connectivity index (χ0) is 24.3. The van der Waals surface area contributed by atoms with Gasteiger partial charge in [-0.15, -0.1) is 0 Å². The van der Waals surface area contributed by atoms with E-state index in [4.69, 9.17) is 18.2 Å². The Hall–Kier alpha value is -3.15. The van der Waals surface area contributed by atoms with Crippen LogP contribution in [0.25, 0.3) is 0 Å². The standard InChI is InChI=1S/C21H24BF2NO8/c1-4-21(23,24)19(27)25-16-9-12-6-5-7-13(17(12)33-22(16)29)18(26)30-10-15-14(8-11(2)3)31-20(28)32-15/h5-7,11,16,29H,4,8-10H2,1-3H3,(H,25,27)/t16-/m0/s1. The van der Waals surface area contributed by atoms with Gasteiger partial charge in [-0.3, -0.25) is 4.79 Å². The number of carbonyl (C=O) groups excluding carboxylic acids is 2. The molecule has 0 unspecified atom stereocenters. The van der Waals surface area contributed by atoms with Gasteiger partial charge in [-0.25, -0.2) is 9.59 Å². The van der Waals surface area contributed by atoms with E-state index in [1.807, 2.05) is 13.8 Å². The van der Waals surface area contributed by atoms with E-state index in [2.05, 4.69) is 5.32 Å². The van der Waals surface area contributed by atoms with Crippen LogP contribution in [0.1, 0.15) is 54.6 Å². The molecule has 9 nitrogen and oxygen atoms in total. The van der Waals surface area contributed by atoms with Gasteiger partial charge < -0.3 is 28.6 Å². The summed E-state index contributed by atoms with van der Waals surface area (Å²) < 4.78 is 47.7. The van der Waals surface area contributed by atoms with Crippen LogP contribution in [0.2, 0.25) is 0 Å². The number of amides is 1. The molecule has 2 aromatic rings. The number of carbonyl (C=O) groups is 2. The van der Waals surface area contributed by atoms with Crippen molar-refractivity contribution in [3.8, 4) is 5.75 Å². The van der Waals surface area contributed by atoms with Crippen molar-refractivity contribution in [2.75, 3.05) is 0 Å². The molecule has 2 N–H and O–H groups in total. The van der Waals surface area contributed by atoms with Gasteiger partial charge in [-0.2, -0.15) is 8.78 Å². The van der Waals surface area contributed by atoms with Gasteiger partial charge in [0.05, 0.1) is 5.94 Å². The van der Waals surface area contributed by atoms with Gasteiger partial charge in [0, 0.05) is 12.8 Å². The molecule has 2 heterocycles. The molecular weight excluding hydrogens is 443 g/mol. The molecule has 1 aliphatic heterocycles. The topological polar surface area (TPSA) is 128 Å². The predicted octanol–water partition coefficient (Wildman–Crippen LogP) is 2.27. The van der Waals surface area contributed by atoms with Crippen LogP contribution < -0.4 is 15.8 Å². The lowest BCUT2D eigenvalue weighted by atomic mass is 9.72. The van der Waals surface area contributed by atoms with Gasteiger partial charge in [-0.1, -0.05) is 32.9 Å². The summed E-state index contributed by atoms with van der Waals surface area (Å²) in [4.78, 5) is 35.9. The summed E-state index contributed by atoms with van der Waals surface area (Å²) >= 11 is 0. The minimum Gasteiger partial charge on any atom is -0.534 e. The average Bonchev–Trinajstić information content (AvgIpc) is 3.10. The highest BCUT2D eigenvalue weighted by Gasteiger charge is 2.43. The zero-order valence-corrected chi connectivity index (χ0v) is 18.4. The lowest BCUT2D eigenvalue weighted by Crippen LogP contribution is -2.56. The van der Waals surface area contributed by atoms with Crippen molar-refractivity contribution in [3.63, 3.8) is 0 Å². The number of hydrogen-bond acceptors (Lipinski definition) is 8. The number of nitrogens with one attached hydrogen (secondary N) is 1. The maximum atomic E-state index is 13.6. The van der Waals surface area contributed by atoms with Gasteiger partial charge in [0.25, 0.3) is 5.91 Å². The number of ether oxygens (including phenoxy) is 1. The first-order valence-corrected chi connectivity index (χ1v) is 10.5. The first kappa shape index (κ1) is 24.5. The van der Waals surface area contributed by atoms with E-state index in [9.17, 15) is 28.2 Å². The molecule has 0 aliphatic carbocycles. The van der Waals surface area contributed by atoms with Gasteiger partial charge in [0.1, 0.15) is 11.3 Å². The maximum absolute atomic E-state index is 13.6. The number of alkyl halides is 2. The van der Waals surface area contributed by atoms with Crippen LogP contribution in [0.15, 0.2) is 31.8 Å². The normalized spacial score (nSPS) is 15.7. The summed E-state index contributed by atoms with van der Waals surface area (Å²) in [6.07, 6.45) is -0.318. The van der Waals surface area contributed by atoms with Gasteiger partial charge >= 0.3 is 24.8 Å². The number of fused-ring (bicyclic) bond motifs is 1. The van der Waals surface area contributed by atoms with Crippen molar-refractivity contribution in [2.45, 2.75) is 58.5 Å². The molecule has 0 radical (unpaired) electrons.